The van der Waals surface area contributed by atoms with Gasteiger partial charge < -0.3 is 24.8 Å². The van der Waals surface area contributed by atoms with E-state index in [1.165, 1.54) is 18.4 Å². The lowest BCUT2D eigenvalue weighted by Gasteiger charge is -2.21. The molecule has 2 rings (SSSR count). The van der Waals surface area contributed by atoms with Crippen molar-refractivity contribution in [3.63, 3.8) is 0 Å². The zero-order chi connectivity index (χ0) is 14.7. The van der Waals surface area contributed by atoms with Crippen LogP contribution in [0.25, 0.3) is 0 Å². The van der Waals surface area contributed by atoms with Crippen molar-refractivity contribution in [2.45, 2.75) is 18.6 Å². The van der Waals surface area contributed by atoms with Gasteiger partial charge in [-0.2, -0.15) is 0 Å². The van der Waals surface area contributed by atoms with E-state index in [1.54, 1.807) is 0 Å². The number of carboxylic acid groups (broad SMARTS) is 1. The molecule has 1 saturated heterocycles. The summed E-state index contributed by atoms with van der Waals surface area (Å²) in [5, 5.41) is 20.7. The number of hydrogen-bond donors (Lipinski definition) is 3. The Bertz CT molecular complexity index is 512. The fourth-order valence-corrected chi connectivity index (χ4v) is 2.08. The molecule has 1 fully saturated rings. The maximum atomic E-state index is 11.9. The Kier molecular flexibility index (Phi) is 4.04. The summed E-state index contributed by atoms with van der Waals surface area (Å²) in [5.41, 5.74) is 0. The van der Waals surface area contributed by atoms with E-state index >= 15 is 0 Å². The van der Waals surface area contributed by atoms with Crippen LogP contribution in [0.15, 0.2) is 22.8 Å². The Morgan fingerprint density at radius 2 is 2.20 bits per heavy atom. The molecule has 0 aromatic carbocycles. The Balaban J connectivity index is 1.91. The molecule has 20 heavy (non-hydrogen) atoms. The lowest BCUT2D eigenvalue weighted by atomic mass is 10.2. The Morgan fingerprint density at radius 3 is 2.80 bits per heavy atom. The molecule has 2 heterocycles. The van der Waals surface area contributed by atoms with Gasteiger partial charge in [-0.1, -0.05) is 0 Å². The smallest absolute Gasteiger partial charge is 0.326 e. The second-order valence-electron chi connectivity index (χ2n) is 4.45. The molecule has 3 N–H and O–H groups in total. The molecule has 1 aliphatic rings. The van der Waals surface area contributed by atoms with Crippen LogP contribution in [0.1, 0.15) is 17.0 Å². The Labute approximate surface area is 114 Å². The van der Waals surface area contributed by atoms with Gasteiger partial charge in [-0.25, -0.2) is 4.79 Å². The molecule has 8 nitrogen and oxygen atoms in total. The zero-order valence-corrected chi connectivity index (χ0v) is 10.5. The van der Waals surface area contributed by atoms with Crippen molar-refractivity contribution in [3.8, 4) is 0 Å². The van der Waals surface area contributed by atoms with Crippen molar-refractivity contribution in [1.82, 2.24) is 10.2 Å². The topological polar surface area (TPSA) is 120 Å². The molecule has 0 radical (unpaired) electrons. The SMILES string of the molecule is O=C(NCC(=O)N1CC(O)CC1C(=O)O)c1ccco1. The summed E-state index contributed by atoms with van der Waals surface area (Å²) in [6.45, 7) is -0.400. The van der Waals surface area contributed by atoms with Crippen molar-refractivity contribution in [2.24, 2.45) is 0 Å². The van der Waals surface area contributed by atoms with E-state index in [0.29, 0.717) is 0 Å². The summed E-state index contributed by atoms with van der Waals surface area (Å²) in [7, 11) is 0. The lowest BCUT2D eigenvalue weighted by Crippen LogP contribution is -2.45. The number of likely N-dealkylation sites (tertiary alicyclic amines) is 1. The number of rotatable bonds is 4. The van der Waals surface area contributed by atoms with Gasteiger partial charge >= 0.3 is 5.97 Å². The summed E-state index contributed by atoms with van der Waals surface area (Å²) in [4.78, 5) is 35.5. The first-order valence-electron chi connectivity index (χ1n) is 6.01. The number of aliphatic hydroxyl groups excluding tert-OH is 1. The number of aliphatic carboxylic acids is 1. The average Bonchev–Trinajstić information content (AvgIpc) is 3.04. The second-order valence-corrected chi connectivity index (χ2v) is 4.45. The standard InChI is InChI=1S/C12H14N2O6/c15-7-4-8(12(18)19)14(6-7)10(16)5-13-11(17)9-2-1-3-20-9/h1-3,7-8,15H,4-6H2,(H,13,17)(H,18,19). The lowest BCUT2D eigenvalue weighted by molar-refractivity contribution is -0.147. The van der Waals surface area contributed by atoms with Crippen LogP contribution in [-0.2, 0) is 9.59 Å². The van der Waals surface area contributed by atoms with E-state index in [0.717, 1.165) is 4.90 Å². The van der Waals surface area contributed by atoms with Gasteiger partial charge in [0.15, 0.2) is 5.76 Å². The van der Waals surface area contributed by atoms with E-state index in [9.17, 15) is 19.5 Å². The molecule has 108 valence electrons. The van der Waals surface area contributed by atoms with Gasteiger partial charge in [-0.15, -0.1) is 0 Å². The normalized spacial score (nSPS) is 21.8. The number of carbonyl (C=O) groups excluding carboxylic acids is 2. The second kappa shape index (κ2) is 5.74. The van der Waals surface area contributed by atoms with Crippen molar-refractivity contribution in [2.75, 3.05) is 13.1 Å². The minimum Gasteiger partial charge on any atom is -0.480 e. The third-order valence-corrected chi connectivity index (χ3v) is 3.03. The number of furan rings is 1. The quantitative estimate of drug-likeness (QED) is 0.655. The van der Waals surface area contributed by atoms with Crippen LogP contribution >= 0.6 is 0 Å². The summed E-state index contributed by atoms with van der Waals surface area (Å²) < 4.78 is 4.86. The molecule has 2 unspecified atom stereocenters. The highest BCUT2D eigenvalue weighted by Gasteiger charge is 2.38. The van der Waals surface area contributed by atoms with Crippen molar-refractivity contribution in [1.29, 1.82) is 0 Å². The highest BCUT2D eigenvalue weighted by atomic mass is 16.4. The predicted octanol–water partition coefficient (Wildman–Crippen LogP) is -0.944. The number of nitrogens with one attached hydrogen (secondary N) is 1. The van der Waals surface area contributed by atoms with Crippen molar-refractivity contribution in [3.05, 3.63) is 24.2 Å². The van der Waals surface area contributed by atoms with Crippen LogP contribution in [-0.4, -0.2) is 58.1 Å². The number of carboxylic acids is 1. The van der Waals surface area contributed by atoms with Crippen LogP contribution in [0.4, 0.5) is 0 Å². The van der Waals surface area contributed by atoms with Crippen LogP contribution in [0.3, 0.4) is 0 Å². The van der Waals surface area contributed by atoms with Crippen LogP contribution in [0.2, 0.25) is 0 Å². The number of β-amino-alcohol motifs (C(OH)–C–C–N with tert-alkyl or cyclic N) is 1. The monoisotopic (exact) mass is 282 g/mol. The minimum absolute atomic E-state index is 0.00674. The molecule has 0 saturated carbocycles. The molecule has 0 bridgehead atoms. The molecule has 2 amide bonds. The summed E-state index contributed by atoms with van der Waals surface area (Å²) in [6.07, 6.45) is 0.460. The van der Waals surface area contributed by atoms with E-state index in [2.05, 4.69) is 5.32 Å². The first kappa shape index (κ1) is 14.1. The summed E-state index contributed by atoms with van der Waals surface area (Å²) >= 11 is 0. The highest BCUT2D eigenvalue weighted by Crippen LogP contribution is 2.18. The molecular weight excluding hydrogens is 268 g/mol. The number of nitrogens with zero attached hydrogens (tertiary/aromatic N) is 1. The van der Waals surface area contributed by atoms with Crippen LogP contribution in [0.5, 0.6) is 0 Å². The molecule has 1 aromatic heterocycles. The third-order valence-electron chi connectivity index (χ3n) is 3.03. The zero-order valence-electron chi connectivity index (χ0n) is 10.5. The maximum Gasteiger partial charge on any atom is 0.326 e. The first-order chi connectivity index (χ1) is 9.49. The summed E-state index contributed by atoms with van der Waals surface area (Å²) in [6, 6.07) is 1.92. The van der Waals surface area contributed by atoms with Gasteiger partial charge in [-0.3, -0.25) is 9.59 Å². The first-order valence-corrected chi connectivity index (χ1v) is 6.01. The van der Waals surface area contributed by atoms with Gasteiger partial charge in [0.2, 0.25) is 5.91 Å². The van der Waals surface area contributed by atoms with Crippen molar-refractivity contribution < 1.29 is 29.0 Å². The minimum atomic E-state index is -1.17. The summed E-state index contributed by atoms with van der Waals surface area (Å²) in [5.74, 6) is -2.23. The van der Waals surface area contributed by atoms with E-state index in [4.69, 9.17) is 9.52 Å². The van der Waals surface area contributed by atoms with Crippen LogP contribution < -0.4 is 5.32 Å². The Hall–Kier alpha value is -2.35. The van der Waals surface area contributed by atoms with Gasteiger partial charge in [0.05, 0.1) is 18.9 Å². The third kappa shape index (κ3) is 2.97. The van der Waals surface area contributed by atoms with Gasteiger partial charge in [0.1, 0.15) is 6.04 Å². The number of amides is 2. The molecule has 0 spiro atoms. The highest BCUT2D eigenvalue weighted by molar-refractivity contribution is 5.94. The molecular formula is C12H14N2O6. The fourth-order valence-electron chi connectivity index (χ4n) is 2.08. The molecule has 2 atom stereocenters. The van der Waals surface area contributed by atoms with Crippen LogP contribution in [0, 0.1) is 0 Å². The molecule has 0 aliphatic carbocycles. The molecule has 1 aliphatic heterocycles. The van der Waals surface area contributed by atoms with E-state index in [1.807, 2.05) is 0 Å². The molecule has 8 heteroatoms. The van der Waals surface area contributed by atoms with Gasteiger partial charge in [0, 0.05) is 13.0 Å². The Morgan fingerprint density at radius 1 is 1.45 bits per heavy atom. The number of hydrogen-bond acceptors (Lipinski definition) is 5. The molecule has 1 aromatic rings. The van der Waals surface area contributed by atoms with E-state index < -0.39 is 29.9 Å². The van der Waals surface area contributed by atoms with Crippen molar-refractivity contribution >= 4 is 17.8 Å². The number of carbonyl (C=O) groups is 3. The van der Waals surface area contributed by atoms with E-state index in [-0.39, 0.29) is 25.3 Å². The van der Waals surface area contributed by atoms with Gasteiger partial charge in [-0.05, 0) is 12.1 Å². The largest absolute Gasteiger partial charge is 0.480 e. The number of aliphatic hydroxyl groups is 1. The average molecular weight is 282 g/mol. The predicted molar refractivity (Wildman–Crippen MR) is 64.8 cm³/mol. The van der Waals surface area contributed by atoms with Gasteiger partial charge in [0.25, 0.3) is 5.91 Å². The fraction of sp³-hybridized carbons (Fsp3) is 0.417. The maximum absolute atomic E-state index is 11.9.